The predicted molar refractivity (Wildman–Crippen MR) is 157 cm³/mol. The molecule has 0 fully saturated rings. The summed E-state index contributed by atoms with van der Waals surface area (Å²) in [6.45, 7) is 0.125. The number of halogens is 3. The quantitative estimate of drug-likeness (QED) is 0.0984. The lowest BCUT2D eigenvalue weighted by molar-refractivity contribution is -0.134. The Morgan fingerprint density at radius 3 is 2.63 bits per heavy atom. The number of hydrogen-bond acceptors (Lipinski definition) is 8. The van der Waals surface area contributed by atoms with Gasteiger partial charge in [-0.3, -0.25) is 19.6 Å². The van der Waals surface area contributed by atoms with Crippen molar-refractivity contribution in [2.45, 2.75) is 39.3 Å². The molecule has 0 atom stereocenters. The number of hydrazine groups is 1. The van der Waals surface area contributed by atoms with E-state index in [9.17, 15) is 27.6 Å². The molecule has 0 unspecified atom stereocenters. The van der Waals surface area contributed by atoms with Crippen LogP contribution in [0.4, 0.5) is 13.2 Å². The number of carbonyl (C=O) groups excluding carboxylic acids is 3. The van der Waals surface area contributed by atoms with E-state index in [0.29, 0.717) is 44.5 Å². The third-order valence-corrected chi connectivity index (χ3v) is 6.18. The van der Waals surface area contributed by atoms with Gasteiger partial charge in [-0.1, -0.05) is 6.07 Å². The number of methoxy groups -OCH3 is 1. The summed E-state index contributed by atoms with van der Waals surface area (Å²) in [5.74, 6) is 0.399. The molecule has 4 aromatic rings. The Hall–Kier alpha value is -4.27. The molecule has 14 heteroatoms. The summed E-state index contributed by atoms with van der Waals surface area (Å²) in [7, 11) is 0.949. The van der Waals surface area contributed by atoms with Crippen LogP contribution in [0.25, 0.3) is 10.9 Å². The second kappa shape index (κ2) is 19.8. The van der Waals surface area contributed by atoms with Gasteiger partial charge in [0.05, 0.1) is 13.1 Å². The minimum Gasteiger partial charge on any atom is -0.453 e. The fraction of sp³-hybridized carbons (Fsp3) is 0.310. The summed E-state index contributed by atoms with van der Waals surface area (Å²) in [5, 5.41) is 8.57. The summed E-state index contributed by atoms with van der Waals surface area (Å²) >= 11 is 1.52. The van der Waals surface area contributed by atoms with Gasteiger partial charge in [0.2, 0.25) is 6.41 Å². The van der Waals surface area contributed by atoms with Gasteiger partial charge in [0.15, 0.2) is 11.6 Å². The Balaban J connectivity index is 0.000000284. The highest BCUT2D eigenvalue weighted by molar-refractivity contribution is 7.08. The lowest BCUT2D eigenvalue weighted by atomic mass is 10.2. The molecule has 0 saturated heterocycles. The molecule has 0 aliphatic rings. The largest absolute Gasteiger partial charge is 0.453 e. The number of thiophene rings is 1. The Morgan fingerprint density at radius 1 is 1.19 bits per heavy atom. The third kappa shape index (κ3) is 13.5. The number of H-pyrrole nitrogens is 1. The number of ether oxygens (including phenoxy) is 2. The SMILES string of the molecule is COC(F)F.Cc1ccc(F)c(Oc2ccsc2)c1.O=CCCCCN(NCc1cc2cnccc2[nH]1)C(=O)CNC=O. The van der Waals surface area contributed by atoms with Gasteiger partial charge in [-0.15, -0.1) is 11.3 Å². The number of unbranched alkanes of at least 4 members (excludes halogenated alkanes) is 2. The smallest absolute Gasteiger partial charge is 0.345 e. The number of aldehydes is 1. The fourth-order valence-electron chi connectivity index (χ4n) is 3.45. The highest BCUT2D eigenvalue weighted by Crippen LogP contribution is 2.26. The van der Waals surface area contributed by atoms with E-state index in [1.54, 1.807) is 24.5 Å². The lowest BCUT2D eigenvalue weighted by Gasteiger charge is -2.23. The molecule has 1 aromatic carbocycles. The number of carbonyl (C=O) groups is 3. The first-order chi connectivity index (χ1) is 20.8. The first-order valence-corrected chi connectivity index (χ1v) is 14.0. The van der Waals surface area contributed by atoms with Crippen LogP contribution in [0, 0.1) is 12.7 Å². The molecule has 0 radical (unpaired) electrons. The van der Waals surface area contributed by atoms with Crippen LogP contribution >= 0.6 is 11.3 Å². The van der Waals surface area contributed by atoms with Crippen molar-refractivity contribution in [2.24, 2.45) is 0 Å². The highest BCUT2D eigenvalue weighted by Gasteiger charge is 2.13. The van der Waals surface area contributed by atoms with Crippen molar-refractivity contribution in [3.63, 3.8) is 0 Å². The maximum absolute atomic E-state index is 13.2. The average molecular weight is 622 g/mol. The number of fused-ring (bicyclic) bond motifs is 1. The van der Waals surface area contributed by atoms with Gasteiger partial charge in [0.1, 0.15) is 12.0 Å². The number of aromatic nitrogens is 2. The normalized spacial score (nSPS) is 10.3. The molecule has 0 saturated carbocycles. The van der Waals surface area contributed by atoms with Crippen LogP contribution in [0.3, 0.4) is 0 Å². The highest BCUT2D eigenvalue weighted by atomic mass is 32.1. The number of hydrogen-bond donors (Lipinski definition) is 3. The first kappa shape index (κ1) is 34.9. The zero-order valence-electron chi connectivity index (χ0n) is 23.7. The first-order valence-electron chi connectivity index (χ1n) is 13.1. The summed E-state index contributed by atoms with van der Waals surface area (Å²) in [6.07, 6.45) is 6.74. The number of rotatable bonds is 14. The topological polar surface area (TPSA) is 126 Å². The molecule has 43 heavy (non-hydrogen) atoms. The van der Waals surface area contributed by atoms with Crippen molar-refractivity contribution < 1.29 is 37.0 Å². The zero-order chi connectivity index (χ0) is 31.5. The van der Waals surface area contributed by atoms with E-state index in [1.165, 1.54) is 22.4 Å². The number of aromatic amines is 1. The summed E-state index contributed by atoms with van der Waals surface area (Å²) in [6, 6.07) is 10.5. The van der Waals surface area contributed by atoms with Crippen molar-refractivity contribution in [3.8, 4) is 11.5 Å². The van der Waals surface area contributed by atoms with Gasteiger partial charge in [0, 0.05) is 54.4 Å². The molecule has 10 nitrogen and oxygen atoms in total. The van der Waals surface area contributed by atoms with Crippen molar-refractivity contribution >= 4 is 40.8 Å². The van der Waals surface area contributed by atoms with Crippen molar-refractivity contribution in [1.82, 2.24) is 25.7 Å². The molecule has 4 rings (SSSR count). The van der Waals surface area contributed by atoms with E-state index in [1.807, 2.05) is 35.9 Å². The van der Waals surface area contributed by atoms with E-state index < -0.39 is 6.61 Å². The average Bonchev–Trinajstić information content (AvgIpc) is 3.67. The molecule has 0 aliphatic heterocycles. The van der Waals surface area contributed by atoms with Gasteiger partial charge in [-0.2, -0.15) is 8.78 Å². The maximum Gasteiger partial charge on any atom is 0.345 e. The molecule has 232 valence electrons. The number of amides is 2. The Labute approximate surface area is 251 Å². The molecule has 0 bridgehead atoms. The number of aryl methyl sites for hydroxylation is 1. The molecule has 0 spiro atoms. The van der Waals surface area contributed by atoms with E-state index in [-0.39, 0.29) is 24.0 Å². The second-order valence-electron chi connectivity index (χ2n) is 8.79. The Morgan fingerprint density at radius 2 is 1.98 bits per heavy atom. The Bertz CT molecular complexity index is 1360. The molecular weight excluding hydrogens is 587 g/mol. The second-order valence-corrected chi connectivity index (χ2v) is 9.57. The minimum absolute atomic E-state index is 0.0686. The minimum atomic E-state index is -2.62. The molecule has 2 amide bonds. The van der Waals surface area contributed by atoms with Gasteiger partial charge in [0.25, 0.3) is 5.91 Å². The van der Waals surface area contributed by atoms with E-state index in [2.05, 4.69) is 25.4 Å². The van der Waals surface area contributed by atoms with Crippen molar-refractivity contribution in [1.29, 1.82) is 0 Å². The van der Waals surface area contributed by atoms with Gasteiger partial charge in [-0.25, -0.2) is 9.82 Å². The summed E-state index contributed by atoms with van der Waals surface area (Å²) < 4.78 is 43.1. The van der Waals surface area contributed by atoms with Crippen LogP contribution < -0.4 is 15.5 Å². The van der Waals surface area contributed by atoms with Gasteiger partial charge < -0.3 is 24.6 Å². The van der Waals surface area contributed by atoms with E-state index in [0.717, 1.165) is 35.6 Å². The predicted octanol–water partition coefficient (Wildman–Crippen LogP) is 5.35. The number of alkyl halides is 2. The molecule has 3 aromatic heterocycles. The maximum atomic E-state index is 13.2. The molecule has 0 aliphatic carbocycles. The monoisotopic (exact) mass is 621 g/mol. The summed E-state index contributed by atoms with van der Waals surface area (Å²) in [4.78, 5) is 40.2. The van der Waals surface area contributed by atoms with Crippen molar-refractivity contribution in [3.05, 3.63) is 76.6 Å². The molecule has 3 heterocycles. The van der Waals surface area contributed by atoms with Crippen LogP contribution in [-0.4, -0.2) is 60.4 Å². The lowest BCUT2D eigenvalue weighted by Crippen LogP contribution is -2.46. The fourth-order valence-corrected chi connectivity index (χ4v) is 4.00. The number of nitrogens with one attached hydrogen (secondary N) is 3. The zero-order valence-corrected chi connectivity index (χ0v) is 24.5. The molecular formula is C29H34F3N5O5S. The number of pyridine rings is 1. The molecule has 3 N–H and O–H groups in total. The number of nitrogens with zero attached hydrogens (tertiary/aromatic N) is 2. The third-order valence-electron chi connectivity index (χ3n) is 5.52. The van der Waals surface area contributed by atoms with Crippen LogP contribution in [0.1, 0.15) is 30.5 Å². The summed E-state index contributed by atoms with van der Waals surface area (Å²) in [5.41, 5.74) is 5.96. The Kier molecular flexibility index (Phi) is 16.1. The van der Waals surface area contributed by atoms with E-state index >= 15 is 0 Å². The van der Waals surface area contributed by atoms with Gasteiger partial charge in [-0.05, 0) is 61.0 Å². The standard InChI is InChI=1S/C16H21N5O3.C11H9FOS.C2H4F2O/c22-7-3-1-2-6-21(16(24)11-18-12-23)19-10-14-8-13-9-17-5-4-15(13)20-14;1-8-2-3-10(12)11(6-8)13-9-4-5-14-7-9;1-5-2(3)4/h4-5,7-9,12,19-20H,1-3,6,10-11H2,(H,18,23);2-7H,1H3;2H,1H3. The van der Waals surface area contributed by atoms with Gasteiger partial charge >= 0.3 is 6.61 Å². The van der Waals surface area contributed by atoms with Crippen LogP contribution in [0.5, 0.6) is 11.5 Å². The van der Waals surface area contributed by atoms with Crippen LogP contribution in [0.15, 0.2) is 59.6 Å². The van der Waals surface area contributed by atoms with Crippen molar-refractivity contribution in [2.75, 3.05) is 20.2 Å². The number of benzene rings is 1. The van der Waals surface area contributed by atoms with E-state index in [4.69, 9.17) is 4.74 Å². The van der Waals surface area contributed by atoms with Crippen LogP contribution in [0.2, 0.25) is 0 Å². The van der Waals surface area contributed by atoms with Crippen LogP contribution in [-0.2, 0) is 25.7 Å².